The van der Waals surface area contributed by atoms with E-state index in [0.29, 0.717) is 19.3 Å². The van der Waals surface area contributed by atoms with Gasteiger partial charge in [0.1, 0.15) is 6.61 Å². The summed E-state index contributed by atoms with van der Waals surface area (Å²) in [5, 5.41) is -0.0162. The molecule has 6 atom stereocenters. The smallest absolute Gasteiger partial charge is 0.310 e. The Hall–Kier alpha value is -1.80. The highest BCUT2D eigenvalue weighted by Crippen LogP contribution is 2.67. The molecular formula is C27H40O7Si. The highest BCUT2D eigenvalue weighted by Gasteiger charge is 2.77. The summed E-state index contributed by atoms with van der Waals surface area (Å²) in [6, 6.07) is 0. The van der Waals surface area contributed by atoms with E-state index in [2.05, 4.69) is 33.9 Å². The third-order valence-electron chi connectivity index (χ3n) is 9.96. The Morgan fingerprint density at radius 3 is 2.31 bits per heavy atom. The van der Waals surface area contributed by atoms with Gasteiger partial charge >= 0.3 is 11.9 Å². The first-order chi connectivity index (χ1) is 15.9. The second-order valence-corrected chi connectivity index (χ2v) is 18.1. The molecule has 5 aliphatic rings. The fourth-order valence-electron chi connectivity index (χ4n) is 6.84. The van der Waals surface area contributed by atoms with Gasteiger partial charge in [-0.15, -0.1) is 0 Å². The molecule has 2 saturated carbocycles. The molecule has 0 aromatic carbocycles. The lowest BCUT2D eigenvalue weighted by molar-refractivity contribution is -0.220. The highest BCUT2D eigenvalue weighted by molar-refractivity contribution is 6.74. The summed E-state index contributed by atoms with van der Waals surface area (Å²) in [4.78, 5) is 53.8. The molecule has 1 heterocycles. The fraction of sp³-hybridized carbons (Fsp3) is 0.778. The Labute approximate surface area is 209 Å². The Morgan fingerprint density at radius 1 is 1.11 bits per heavy atom. The minimum absolute atomic E-state index is 0.0162. The lowest BCUT2D eigenvalue weighted by atomic mass is 9.39. The van der Waals surface area contributed by atoms with Crippen molar-refractivity contribution in [3.63, 3.8) is 0 Å². The van der Waals surface area contributed by atoms with Crippen LogP contribution in [-0.4, -0.2) is 50.1 Å². The van der Waals surface area contributed by atoms with Crippen LogP contribution in [0.5, 0.6) is 0 Å². The van der Waals surface area contributed by atoms with E-state index in [-0.39, 0.29) is 29.3 Å². The molecule has 0 aromatic heterocycles. The molecule has 35 heavy (non-hydrogen) atoms. The number of Topliss-reactive ketones (excluding diaryl/α,β-unsaturated/α-hetero) is 2. The van der Waals surface area contributed by atoms with Gasteiger partial charge in [0, 0.05) is 18.3 Å². The van der Waals surface area contributed by atoms with Crippen LogP contribution in [-0.2, 0) is 33.1 Å². The molecule has 8 heteroatoms. The van der Waals surface area contributed by atoms with E-state index >= 15 is 0 Å². The SMILES string of the molecule is CC(=O)O[C@]1(C)C(=O)[C@]23C=C[C@H]1C[C@H]2C(=O)OC[C@@]31CC[C@H](O[Si](C)(C)C(C)(C)C)C(C)(C)C1=O. The van der Waals surface area contributed by atoms with Crippen molar-refractivity contribution in [1.82, 2.24) is 0 Å². The van der Waals surface area contributed by atoms with E-state index < -0.39 is 53.9 Å². The molecule has 7 nitrogen and oxygen atoms in total. The van der Waals surface area contributed by atoms with Gasteiger partial charge in [-0.2, -0.15) is 0 Å². The van der Waals surface area contributed by atoms with Crippen molar-refractivity contribution in [3.05, 3.63) is 12.2 Å². The van der Waals surface area contributed by atoms with Gasteiger partial charge in [0.05, 0.1) is 22.9 Å². The van der Waals surface area contributed by atoms with Crippen LogP contribution in [0, 0.1) is 28.1 Å². The van der Waals surface area contributed by atoms with Gasteiger partial charge in [-0.1, -0.05) is 46.8 Å². The van der Waals surface area contributed by atoms with E-state index in [1.165, 1.54) is 6.92 Å². The molecule has 3 fully saturated rings. The van der Waals surface area contributed by atoms with E-state index in [4.69, 9.17) is 13.9 Å². The number of ketones is 2. The summed E-state index contributed by atoms with van der Waals surface area (Å²) in [5.74, 6) is -2.67. The van der Waals surface area contributed by atoms with Crippen LogP contribution in [0.25, 0.3) is 0 Å². The summed E-state index contributed by atoms with van der Waals surface area (Å²) in [6.45, 7) is 17.4. The van der Waals surface area contributed by atoms with Crippen LogP contribution < -0.4 is 0 Å². The van der Waals surface area contributed by atoms with Crippen molar-refractivity contribution in [2.75, 3.05) is 6.61 Å². The Kier molecular flexibility index (Phi) is 5.71. The molecule has 1 aliphatic heterocycles. The molecule has 1 saturated heterocycles. The molecule has 194 valence electrons. The summed E-state index contributed by atoms with van der Waals surface area (Å²) in [5.41, 5.74) is -4.92. The number of carbonyl (C=O) groups is 4. The van der Waals surface area contributed by atoms with Crippen LogP contribution in [0.3, 0.4) is 0 Å². The van der Waals surface area contributed by atoms with E-state index in [1.54, 1.807) is 13.0 Å². The van der Waals surface area contributed by atoms with Gasteiger partial charge in [0.15, 0.2) is 25.5 Å². The first-order valence-electron chi connectivity index (χ1n) is 12.7. The van der Waals surface area contributed by atoms with Crippen LogP contribution in [0.4, 0.5) is 0 Å². The number of carbonyl (C=O) groups excluding carboxylic acids is 4. The van der Waals surface area contributed by atoms with Crippen molar-refractivity contribution in [2.24, 2.45) is 28.1 Å². The number of hydrogen-bond donors (Lipinski definition) is 0. The maximum Gasteiger partial charge on any atom is 0.310 e. The summed E-state index contributed by atoms with van der Waals surface area (Å²) in [6.07, 6.45) is 4.61. The largest absolute Gasteiger partial charge is 0.464 e. The molecule has 2 spiro atoms. The fourth-order valence-corrected chi connectivity index (χ4v) is 8.31. The van der Waals surface area contributed by atoms with Crippen LogP contribution in [0.2, 0.25) is 18.1 Å². The molecule has 2 bridgehead atoms. The monoisotopic (exact) mass is 504 g/mol. The molecule has 4 aliphatic carbocycles. The zero-order chi connectivity index (χ0) is 26.4. The Balaban J connectivity index is 1.81. The van der Waals surface area contributed by atoms with Gasteiger partial charge in [-0.25, -0.2) is 0 Å². The van der Waals surface area contributed by atoms with Gasteiger partial charge in [-0.3, -0.25) is 19.2 Å². The molecule has 0 unspecified atom stereocenters. The number of fused-ring (bicyclic) bond motifs is 1. The third kappa shape index (κ3) is 3.31. The minimum atomic E-state index is -2.17. The number of hydrogen-bond acceptors (Lipinski definition) is 7. The van der Waals surface area contributed by atoms with Gasteiger partial charge in [-0.05, 0) is 44.3 Å². The Bertz CT molecular complexity index is 1020. The van der Waals surface area contributed by atoms with Crippen molar-refractivity contribution in [1.29, 1.82) is 0 Å². The van der Waals surface area contributed by atoms with Gasteiger partial charge < -0.3 is 13.9 Å². The quantitative estimate of drug-likeness (QED) is 0.319. The number of esters is 2. The second kappa shape index (κ2) is 7.60. The molecule has 0 amide bonds. The van der Waals surface area contributed by atoms with Crippen molar-refractivity contribution < 1.29 is 33.1 Å². The predicted molar refractivity (Wildman–Crippen MR) is 132 cm³/mol. The molecular weight excluding hydrogens is 464 g/mol. The molecule has 0 aromatic rings. The van der Waals surface area contributed by atoms with E-state index in [0.717, 1.165) is 0 Å². The number of rotatable bonds is 3. The van der Waals surface area contributed by atoms with Crippen LogP contribution in [0.1, 0.15) is 67.7 Å². The maximum atomic E-state index is 14.5. The zero-order valence-corrected chi connectivity index (χ0v) is 23.6. The summed E-state index contributed by atoms with van der Waals surface area (Å²) in [7, 11) is -2.17. The zero-order valence-electron chi connectivity index (χ0n) is 22.6. The Morgan fingerprint density at radius 2 is 1.74 bits per heavy atom. The molecule has 5 rings (SSSR count). The van der Waals surface area contributed by atoms with Crippen molar-refractivity contribution >= 4 is 31.8 Å². The lowest BCUT2D eigenvalue weighted by Crippen LogP contribution is -2.75. The molecule has 0 radical (unpaired) electrons. The average molecular weight is 505 g/mol. The summed E-state index contributed by atoms with van der Waals surface area (Å²) >= 11 is 0. The first kappa shape index (κ1) is 26.3. The average Bonchev–Trinajstić information content (AvgIpc) is 2.73. The molecule has 0 N–H and O–H groups in total. The van der Waals surface area contributed by atoms with Crippen molar-refractivity contribution in [2.45, 2.75) is 97.6 Å². The van der Waals surface area contributed by atoms with Gasteiger partial charge in [0.2, 0.25) is 0 Å². The third-order valence-corrected chi connectivity index (χ3v) is 14.4. The van der Waals surface area contributed by atoms with Gasteiger partial charge in [0.25, 0.3) is 0 Å². The standard InChI is InChI=1S/C27H40O7Si/c1-16(28)33-25(7)17-10-13-27(22(25)31)18(14-17)20(29)32-15-26(27)12-11-19(24(5,6)21(26)30)34-35(8,9)23(2,3)4/h10,13,17-19H,11-12,14-15H2,1-9H3/t17-,18-,19-,25-,26+,27-/m0/s1. The minimum Gasteiger partial charge on any atom is -0.464 e. The second-order valence-electron chi connectivity index (χ2n) is 13.3. The summed E-state index contributed by atoms with van der Waals surface area (Å²) < 4.78 is 18.0. The van der Waals surface area contributed by atoms with Crippen LogP contribution in [0.15, 0.2) is 12.2 Å². The maximum absolute atomic E-state index is 14.5. The lowest BCUT2D eigenvalue weighted by Gasteiger charge is -2.64. The number of allylic oxidation sites excluding steroid dienone is 1. The predicted octanol–water partition coefficient (Wildman–Crippen LogP) is 4.39. The normalized spacial score (nSPS) is 40.5. The number of ether oxygens (including phenoxy) is 2. The van der Waals surface area contributed by atoms with E-state index in [1.807, 2.05) is 19.9 Å². The van der Waals surface area contributed by atoms with E-state index in [9.17, 15) is 19.2 Å². The van der Waals surface area contributed by atoms with Crippen molar-refractivity contribution in [3.8, 4) is 0 Å². The van der Waals surface area contributed by atoms with Crippen LogP contribution >= 0.6 is 0 Å². The number of cyclic esters (lactones) is 1. The highest BCUT2D eigenvalue weighted by atomic mass is 28.4. The topological polar surface area (TPSA) is 96.0 Å². The first-order valence-corrected chi connectivity index (χ1v) is 15.6.